The Labute approximate surface area is 101 Å². The zero-order chi connectivity index (χ0) is 11.7. The molecular formula is C10H9ClFN3S. The zero-order valence-corrected chi connectivity index (χ0v) is 10.0. The molecule has 2 N–H and O–H groups in total. The minimum absolute atomic E-state index is 0.239. The number of hydrazine groups is 1. The summed E-state index contributed by atoms with van der Waals surface area (Å²) in [6.45, 7) is 0. The quantitative estimate of drug-likeness (QED) is 0.664. The minimum Gasteiger partial charge on any atom is -0.289 e. The topological polar surface area (TPSA) is 42.1 Å². The van der Waals surface area contributed by atoms with Crippen molar-refractivity contribution in [3.8, 4) is 11.3 Å². The van der Waals surface area contributed by atoms with Gasteiger partial charge in [0.2, 0.25) is 10.3 Å². The lowest BCUT2D eigenvalue weighted by atomic mass is 10.2. The van der Waals surface area contributed by atoms with Gasteiger partial charge in [0.1, 0.15) is 5.69 Å². The standard InChI is InChI=1S/C10H9ClFN3S/c1-15(13)10-14-8(9(12)16-10)6-4-2-3-5-7(6)11/h2-5H,13H2,1H3. The number of hydrogen-bond acceptors (Lipinski definition) is 4. The van der Waals surface area contributed by atoms with Crippen molar-refractivity contribution in [2.24, 2.45) is 5.84 Å². The second-order valence-corrected chi connectivity index (χ2v) is 4.54. The Hall–Kier alpha value is -1.17. The highest BCUT2D eigenvalue weighted by Crippen LogP contribution is 2.33. The first kappa shape index (κ1) is 11.3. The van der Waals surface area contributed by atoms with E-state index in [9.17, 15) is 4.39 Å². The molecule has 6 heteroatoms. The number of thiazole rings is 1. The number of nitrogens with two attached hydrogens (primary N) is 1. The Morgan fingerprint density at radius 3 is 2.69 bits per heavy atom. The Morgan fingerprint density at radius 2 is 2.12 bits per heavy atom. The maximum atomic E-state index is 13.7. The van der Waals surface area contributed by atoms with Gasteiger partial charge < -0.3 is 0 Å². The third-order valence-corrected chi connectivity index (χ3v) is 3.27. The summed E-state index contributed by atoms with van der Waals surface area (Å²) >= 11 is 6.86. The molecule has 0 radical (unpaired) electrons. The van der Waals surface area contributed by atoms with Gasteiger partial charge in [0, 0.05) is 12.6 Å². The van der Waals surface area contributed by atoms with E-state index in [1.165, 1.54) is 5.01 Å². The fraction of sp³-hybridized carbons (Fsp3) is 0.100. The molecule has 0 saturated heterocycles. The van der Waals surface area contributed by atoms with E-state index < -0.39 is 0 Å². The first-order valence-electron chi connectivity index (χ1n) is 4.49. The third kappa shape index (κ3) is 2.02. The van der Waals surface area contributed by atoms with Crippen LogP contribution in [0.15, 0.2) is 24.3 Å². The molecule has 0 spiro atoms. The SMILES string of the molecule is CN(N)c1nc(-c2ccccc2Cl)c(F)s1. The molecule has 0 unspecified atom stereocenters. The van der Waals surface area contributed by atoms with E-state index in [1.807, 2.05) is 0 Å². The summed E-state index contributed by atoms with van der Waals surface area (Å²) in [4.78, 5) is 4.10. The number of aromatic nitrogens is 1. The van der Waals surface area contributed by atoms with E-state index in [0.29, 0.717) is 15.7 Å². The van der Waals surface area contributed by atoms with Crippen molar-refractivity contribution in [3.63, 3.8) is 0 Å². The van der Waals surface area contributed by atoms with Crippen molar-refractivity contribution in [3.05, 3.63) is 34.4 Å². The van der Waals surface area contributed by atoms with Gasteiger partial charge >= 0.3 is 0 Å². The molecule has 0 atom stereocenters. The summed E-state index contributed by atoms with van der Waals surface area (Å²) in [5, 5.41) is 1.76. The van der Waals surface area contributed by atoms with E-state index in [2.05, 4.69) is 4.98 Å². The number of benzene rings is 1. The van der Waals surface area contributed by atoms with Gasteiger partial charge in [-0.05, 0) is 6.07 Å². The number of rotatable bonds is 2. The Morgan fingerprint density at radius 1 is 1.44 bits per heavy atom. The van der Waals surface area contributed by atoms with E-state index in [1.54, 1.807) is 31.3 Å². The van der Waals surface area contributed by atoms with Crippen molar-refractivity contribution in [2.45, 2.75) is 0 Å². The molecule has 84 valence electrons. The normalized spacial score (nSPS) is 10.5. The molecule has 1 aromatic heterocycles. The zero-order valence-electron chi connectivity index (χ0n) is 8.45. The van der Waals surface area contributed by atoms with Crippen molar-refractivity contribution >= 4 is 28.1 Å². The minimum atomic E-state index is -0.389. The molecule has 0 bridgehead atoms. The van der Waals surface area contributed by atoms with Crippen molar-refractivity contribution in [2.75, 3.05) is 12.1 Å². The van der Waals surface area contributed by atoms with Crippen LogP contribution in [0.5, 0.6) is 0 Å². The highest BCUT2D eigenvalue weighted by molar-refractivity contribution is 7.14. The molecule has 0 aliphatic carbocycles. The number of anilines is 1. The van der Waals surface area contributed by atoms with E-state index in [4.69, 9.17) is 17.4 Å². The fourth-order valence-electron chi connectivity index (χ4n) is 1.26. The van der Waals surface area contributed by atoms with Crippen LogP contribution in [-0.4, -0.2) is 12.0 Å². The lowest BCUT2D eigenvalue weighted by Gasteiger charge is -2.05. The van der Waals surface area contributed by atoms with Crippen LogP contribution in [0, 0.1) is 5.13 Å². The molecule has 0 saturated carbocycles. The monoisotopic (exact) mass is 257 g/mol. The van der Waals surface area contributed by atoms with E-state index in [-0.39, 0.29) is 10.8 Å². The summed E-state index contributed by atoms with van der Waals surface area (Å²) < 4.78 is 13.7. The van der Waals surface area contributed by atoms with Gasteiger partial charge in [0.15, 0.2) is 0 Å². The molecule has 2 aromatic rings. The molecule has 2 rings (SSSR count). The van der Waals surface area contributed by atoms with Crippen LogP contribution in [0.2, 0.25) is 5.02 Å². The molecule has 0 amide bonds. The van der Waals surface area contributed by atoms with Crippen molar-refractivity contribution < 1.29 is 4.39 Å². The maximum Gasteiger partial charge on any atom is 0.206 e. The van der Waals surface area contributed by atoms with Crippen LogP contribution in [0.4, 0.5) is 9.52 Å². The average molecular weight is 258 g/mol. The van der Waals surface area contributed by atoms with Gasteiger partial charge in [-0.2, -0.15) is 4.39 Å². The lowest BCUT2D eigenvalue weighted by molar-refractivity contribution is 0.657. The highest BCUT2D eigenvalue weighted by atomic mass is 35.5. The van der Waals surface area contributed by atoms with Crippen LogP contribution in [0.1, 0.15) is 0 Å². The predicted octanol–water partition coefficient (Wildman–Crippen LogP) is 2.91. The van der Waals surface area contributed by atoms with Crippen molar-refractivity contribution in [1.29, 1.82) is 0 Å². The average Bonchev–Trinajstić information content (AvgIpc) is 2.61. The van der Waals surface area contributed by atoms with Gasteiger partial charge in [0.05, 0.1) is 5.02 Å². The van der Waals surface area contributed by atoms with Crippen LogP contribution in [0.3, 0.4) is 0 Å². The van der Waals surface area contributed by atoms with Crippen LogP contribution < -0.4 is 10.9 Å². The third-order valence-electron chi connectivity index (χ3n) is 2.01. The summed E-state index contributed by atoms with van der Waals surface area (Å²) in [5.41, 5.74) is 0.814. The second kappa shape index (κ2) is 4.37. The highest BCUT2D eigenvalue weighted by Gasteiger charge is 2.16. The lowest BCUT2D eigenvalue weighted by Crippen LogP contribution is -2.24. The Balaban J connectivity index is 2.52. The predicted molar refractivity (Wildman–Crippen MR) is 65.1 cm³/mol. The first-order valence-corrected chi connectivity index (χ1v) is 5.68. The fourth-order valence-corrected chi connectivity index (χ4v) is 2.18. The first-order chi connectivity index (χ1) is 7.59. The molecule has 0 aliphatic rings. The number of halogens is 2. The van der Waals surface area contributed by atoms with Gasteiger partial charge in [-0.25, -0.2) is 10.8 Å². The van der Waals surface area contributed by atoms with Crippen LogP contribution in [-0.2, 0) is 0 Å². The van der Waals surface area contributed by atoms with Gasteiger partial charge in [-0.3, -0.25) is 5.01 Å². The van der Waals surface area contributed by atoms with E-state index >= 15 is 0 Å². The van der Waals surface area contributed by atoms with Crippen molar-refractivity contribution in [1.82, 2.24) is 4.98 Å². The molecule has 3 nitrogen and oxygen atoms in total. The molecule has 1 heterocycles. The number of nitrogens with zero attached hydrogens (tertiary/aromatic N) is 2. The largest absolute Gasteiger partial charge is 0.289 e. The molecular weight excluding hydrogens is 249 g/mol. The Kier molecular flexibility index (Phi) is 3.09. The molecule has 16 heavy (non-hydrogen) atoms. The van der Waals surface area contributed by atoms with Crippen LogP contribution >= 0.6 is 22.9 Å². The summed E-state index contributed by atoms with van der Waals surface area (Å²) in [7, 11) is 1.61. The summed E-state index contributed by atoms with van der Waals surface area (Å²) in [5.74, 6) is 5.49. The van der Waals surface area contributed by atoms with Crippen LogP contribution in [0.25, 0.3) is 11.3 Å². The maximum absolute atomic E-state index is 13.7. The number of hydrogen-bond donors (Lipinski definition) is 1. The van der Waals surface area contributed by atoms with Gasteiger partial charge in [0.25, 0.3) is 0 Å². The second-order valence-electron chi connectivity index (χ2n) is 3.21. The summed E-state index contributed by atoms with van der Waals surface area (Å²) in [6.07, 6.45) is 0. The van der Waals surface area contributed by atoms with Gasteiger partial charge in [-0.15, -0.1) is 0 Å². The molecule has 0 fully saturated rings. The summed E-state index contributed by atoms with van der Waals surface area (Å²) in [6, 6.07) is 6.99. The smallest absolute Gasteiger partial charge is 0.206 e. The van der Waals surface area contributed by atoms with E-state index in [0.717, 1.165) is 11.3 Å². The Bertz CT molecular complexity index is 513. The van der Waals surface area contributed by atoms with Gasteiger partial charge in [-0.1, -0.05) is 41.1 Å². The molecule has 0 aliphatic heterocycles. The molecule has 1 aromatic carbocycles.